The third-order valence-electron chi connectivity index (χ3n) is 3.51. The molecule has 2 aromatic carbocycles. The van der Waals surface area contributed by atoms with Gasteiger partial charge in [0.2, 0.25) is 0 Å². The van der Waals surface area contributed by atoms with E-state index < -0.39 is 11.8 Å². The quantitative estimate of drug-likeness (QED) is 0.673. The van der Waals surface area contributed by atoms with Crippen molar-refractivity contribution in [1.29, 1.82) is 0 Å². The van der Waals surface area contributed by atoms with Crippen LogP contribution in [0.15, 0.2) is 46.9 Å². The van der Waals surface area contributed by atoms with Crippen molar-refractivity contribution >= 4 is 27.7 Å². The number of rotatable bonds is 7. The maximum absolute atomic E-state index is 12.2. The van der Waals surface area contributed by atoms with Crippen LogP contribution >= 0.6 is 15.9 Å². The number of hydrogen-bond donors (Lipinski definition) is 2. The lowest BCUT2D eigenvalue weighted by Crippen LogP contribution is -2.43. The molecule has 0 atom stereocenters. The van der Waals surface area contributed by atoms with Crippen LogP contribution in [0.1, 0.15) is 29.8 Å². The van der Waals surface area contributed by atoms with Gasteiger partial charge >= 0.3 is 0 Å². The molecule has 2 N–H and O–H groups in total. The van der Waals surface area contributed by atoms with Crippen molar-refractivity contribution in [3.63, 3.8) is 0 Å². The molecule has 0 saturated carbocycles. The van der Waals surface area contributed by atoms with E-state index in [1.807, 2.05) is 19.1 Å². The van der Waals surface area contributed by atoms with Crippen molar-refractivity contribution in [1.82, 2.24) is 10.9 Å². The van der Waals surface area contributed by atoms with E-state index in [1.54, 1.807) is 30.3 Å². The van der Waals surface area contributed by atoms with Crippen molar-refractivity contribution in [3.05, 3.63) is 58.1 Å². The summed E-state index contributed by atoms with van der Waals surface area (Å²) in [6, 6.07) is 12.5. The number of carbonyl (C=O) groups excluding carboxylic acids is 2. The fourth-order valence-electron chi connectivity index (χ4n) is 2.19. The Bertz CT molecular complexity index is 780. The number of hydrazine groups is 1. The van der Waals surface area contributed by atoms with E-state index in [9.17, 15) is 9.59 Å². The zero-order valence-corrected chi connectivity index (χ0v) is 16.3. The lowest BCUT2D eigenvalue weighted by atomic mass is 10.2. The average molecular weight is 421 g/mol. The van der Waals surface area contributed by atoms with Crippen molar-refractivity contribution < 1.29 is 19.1 Å². The van der Waals surface area contributed by atoms with E-state index in [-0.39, 0.29) is 6.61 Å². The summed E-state index contributed by atoms with van der Waals surface area (Å²) in [5.41, 5.74) is 6.19. The van der Waals surface area contributed by atoms with Crippen LogP contribution in [-0.4, -0.2) is 25.0 Å². The number of nitrogens with one attached hydrogen (secondary N) is 2. The molecule has 26 heavy (non-hydrogen) atoms. The summed E-state index contributed by atoms with van der Waals surface area (Å²) in [6.07, 6.45) is 0.911. The number of benzene rings is 2. The first-order valence-corrected chi connectivity index (χ1v) is 9.06. The summed E-state index contributed by atoms with van der Waals surface area (Å²) in [6.45, 7) is 4.11. The van der Waals surface area contributed by atoms with Crippen LogP contribution in [0.5, 0.6) is 11.5 Å². The maximum Gasteiger partial charge on any atom is 0.276 e. The van der Waals surface area contributed by atoms with E-state index in [0.29, 0.717) is 23.7 Å². The highest BCUT2D eigenvalue weighted by atomic mass is 79.9. The van der Waals surface area contributed by atoms with Gasteiger partial charge < -0.3 is 9.47 Å². The summed E-state index contributed by atoms with van der Waals surface area (Å²) in [4.78, 5) is 24.1. The van der Waals surface area contributed by atoms with Crippen LogP contribution in [0.2, 0.25) is 0 Å². The highest BCUT2D eigenvalue weighted by Gasteiger charge is 2.13. The Morgan fingerprint density at radius 2 is 1.77 bits per heavy atom. The minimum absolute atomic E-state index is 0.225. The summed E-state index contributed by atoms with van der Waals surface area (Å²) < 4.78 is 11.6. The fraction of sp³-hybridized carbons (Fsp3) is 0.263. The molecule has 0 aromatic heterocycles. The topological polar surface area (TPSA) is 76.7 Å². The van der Waals surface area contributed by atoms with Gasteiger partial charge in [0.25, 0.3) is 11.8 Å². The van der Waals surface area contributed by atoms with Crippen LogP contribution in [-0.2, 0) is 11.2 Å². The average Bonchev–Trinajstić information content (AvgIpc) is 2.65. The van der Waals surface area contributed by atoms with Crippen LogP contribution in [0.4, 0.5) is 0 Å². The first-order valence-electron chi connectivity index (χ1n) is 8.27. The molecule has 7 heteroatoms. The Balaban J connectivity index is 1.86. The van der Waals surface area contributed by atoms with Crippen molar-refractivity contribution in [2.75, 3.05) is 13.2 Å². The zero-order chi connectivity index (χ0) is 18.9. The Kier molecular flexibility index (Phi) is 7.47. The maximum atomic E-state index is 12.2. The molecule has 2 amide bonds. The molecule has 6 nitrogen and oxygen atoms in total. The van der Waals surface area contributed by atoms with Gasteiger partial charge in [0.05, 0.1) is 16.6 Å². The molecule has 138 valence electrons. The molecular weight excluding hydrogens is 400 g/mol. The van der Waals surface area contributed by atoms with Gasteiger partial charge in [0, 0.05) is 0 Å². The third kappa shape index (κ3) is 5.49. The summed E-state index contributed by atoms with van der Waals surface area (Å²) in [5.74, 6) is 0.0814. The molecule has 0 bridgehead atoms. The second-order valence-electron chi connectivity index (χ2n) is 5.34. The second-order valence-corrected chi connectivity index (χ2v) is 6.19. The number of halogens is 1. The minimum atomic E-state index is -0.473. The van der Waals surface area contributed by atoms with Gasteiger partial charge in [-0.2, -0.15) is 0 Å². The van der Waals surface area contributed by atoms with Crippen molar-refractivity contribution in [2.24, 2.45) is 0 Å². The van der Waals surface area contributed by atoms with Crippen LogP contribution in [0.25, 0.3) is 0 Å². The Morgan fingerprint density at radius 3 is 2.46 bits per heavy atom. The summed E-state index contributed by atoms with van der Waals surface area (Å²) in [5, 5.41) is 0. The lowest BCUT2D eigenvalue weighted by Gasteiger charge is -2.12. The molecule has 0 aliphatic heterocycles. The molecule has 0 heterocycles. The van der Waals surface area contributed by atoms with Gasteiger partial charge in [-0.05, 0) is 59.1 Å². The Labute approximate surface area is 161 Å². The number of ether oxygens (including phenoxy) is 2. The number of hydrogen-bond acceptors (Lipinski definition) is 4. The molecular formula is C19H21BrN2O4. The van der Waals surface area contributed by atoms with Gasteiger partial charge in [0.1, 0.15) is 11.5 Å². The van der Waals surface area contributed by atoms with E-state index in [4.69, 9.17) is 9.47 Å². The first kappa shape index (κ1) is 19.8. The normalized spacial score (nSPS) is 10.1. The van der Waals surface area contributed by atoms with E-state index in [1.165, 1.54) is 0 Å². The molecule has 0 aliphatic rings. The van der Waals surface area contributed by atoms with Gasteiger partial charge in [-0.15, -0.1) is 0 Å². The molecule has 0 saturated heterocycles. The predicted molar refractivity (Wildman–Crippen MR) is 102 cm³/mol. The lowest BCUT2D eigenvalue weighted by molar-refractivity contribution is -0.123. The van der Waals surface area contributed by atoms with E-state index in [2.05, 4.69) is 33.7 Å². The van der Waals surface area contributed by atoms with Crippen LogP contribution in [0, 0.1) is 0 Å². The number of aryl methyl sites for hydroxylation is 1. The van der Waals surface area contributed by atoms with Gasteiger partial charge in [-0.25, -0.2) is 0 Å². The van der Waals surface area contributed by atoms with Gasteiger partial charge in [-0.1, -0.05) is 25.1 Å². The molecule has 0 radical (unpaired) electrons. The minimum Gasteiger partial charge on any atom is -0.493 e. The third-order valence-corrected chi connectivity index (χ3v) is 4.13. The zero-order valence-electron chi connectivity index (χ0n) is 14.7. The van der Waals surface area contributed by atoms with E-state index >= 15 is 0 Å². The molecule has 0 aliphatic carbocycles. The monoisotopic (exact) mass is 420 g/mol. The fourth-order valence-corrected chi connectivity index (χ4v) is 2.73. The number of carbonyl (C=O) groups is 2. The summed E-state index contributed by atoms with van der Waals surface area (Å²) in [7, 11) is 0. The smallest absolute Gasteiger partial charge is 0.276 e. The first-order chi connectivity index (χ1) is 12.5. The highest BCUT2D eigenvalue weighted by Crippen LogP contribution is 2.26. The van der Waals surface area contributed by atoms with Gasteiger partial charge in [-0.3, -0.25) is 20.4 Å². The SMILES string of the molecule is CCOc1ccccc1C(=O)NNC(=O)COc1ccc(CC)cc1Br. The molecule has 0 spiro atoms. The Hall–Kier alpha value is -2.54. The molecule has 2 rings (SSSR count). The van der Waals surface area contributed by atoms with Crippen LogP contribution < -0.4 is 20.3 Å². The second kappa shape index (κ2) is 9.82. The number of amides is 2. The van der Waals surface area contributed by atoms with Crippen LogP contribution in [0.3, 0.4) is 0 Å². The standard InChI is InChI=1S/C19H21BrN2O4/c1-3-13-9-10-17(15(20)11-13)26-12-18(23)21-22-19(24)14-7-5-6-8-16(14)25-4-2/h5-11H,3-4,12H2,1-2H3,(H,21,23)(H,22,24). The highest BCUT2D eigenvalue weighted by molar-refractivity contribution is 9.10. The molecule has 0 unspecified atom stereocenters. The van der Waals surface area contributed by atoms with E-state index in [0.717, 1.165) is 16.5 Å². The largest absolute Gasteiger partial charge is 0.493 e. The number of para-hydroxylation sites is 1. The molecule has 2 aromatic rings. The Morgan fingerprint density at radius 1 is 1.00 bits per heavy atom. The molecule has 0 fully saturated rings. The predicted octanol–water partition coefficient (Wildman–Crippen LogP) is 3.25. The van der Waals surface area contributed by atoms with Crippen molar-refractivity contribution in [2.45, 2.75) is 20.3 Å². The van der Waals surface area contributed by atoms with Gasteiger partial charge in [0.15, 0.2) is 6.61 Å². The summed E-state index contributed by atoms with van der Waals surface area (Å²) >= 11 is 3.41. The van der Waals surface area contributed by atoms with Crippen molar-refractivity contribution in [3.8, 4) is 11.5 Å².